The molecule has 5 amide bonds. The van der Waals surface area contributed by atoms with Crippen molar-refractivity contribution in [3.05, 3.63) is 118 Å². The number of carbonyl (C=O) groups is 5. The lowest BCUT2D eigenvalue weighted by molar-refractivity contribution is -0.119. The second-order valence-electron chi connectivity index (χ2n) is 16.6. The maximum absolute atomic E-state index is 15.4. The van der Waals surface area contributed by atoms with Crippen molar-refractivity contribution in [2.75, 3.05) is 42.9 Å². The lowest BCUT2D eigenvalue weighted by Crippen LogP contribution is -2.49. The van der Waals surface area contributed by atoms with Crippen LogP contribution in [0.15, 0.2) is 83.9 Å². The van der Waals surface area contributed by atoms with Crippen LogP contribution >= 0.6 is 0 Å². The van der Waals surface area contributed by atoms with Crippen LogP contribution in [0.4, 0.5) is 30.1 Å². The van der Waals surface area contributed by atoms with Crippen molar-refractivity contribution in [1.82, 2.24) is 35.1 Å². The van der Waals surface area contributed by atoms with Crippen molar-refractivity contribution < 1.29 is 42.9 Å². The van der Waals surface area contributed by atoms with Gasteiger partial charge in [-0.3, -0.25) is 9.59 Å². The highest BCUT2D eigenvalue weighted by molar-refractivity contribution is 5.94. The van der Waals surface area contributed by atoms with Crippen molar-refractivity contribution in [3.63, 3.8) is 0 Å². The zero-order valence-corrected chi connectivity index (χ0v) is 36.6. The number of amides is 5. The number of benzene rings is 3. The first-order valence-corrected chi connectivity index (χ1v) is 21.1. The monoisotopic (exact) mass is 896 g/mol. The van der Waals surface area contributed by atoms with Crippen LogP contribution in [-0.4, -0.2) is 92.4 Å². The summed E-state index contributed by atoms with van der Waals surface area (Å²) in [7, 11) is 0. The van der Waals surface area contributed by atoms with Gasteiger partial charge in [0, 0.05) is 56.5 Å². The summed E-state index contributed by atoms with van der Waals surface area (Å²) in [6.07, 6.45) is 2.28. The number of hydrogen-bond donors (Lipinski definition) is 5. The van der Waals surface area contributed by atoms with E-state index < -0.39 is 64.4 Å². The number of urea groups is 1. The van der Waals surface area contributed by atoms with Crippen LogP contribution in [0.3, 0.4) is 0 Å². The molecule has 0 spiro atoms. The number of rotatable bonds is 16. The minimum absolute atomic E-state index is 0.0253. The minimum atomic E-state index is -1.39. The number of carbonyl (C=O) groups excluding carboxylic acids is 4. The second kappa shape index (κ2) is 20.8. The summed E-state index contributed by atoms with van der Waals surface area (Å²) in [4.78, 5) is 78.7. The Bertz CT molecular complexity index is 2570. The normalized spacial score (nSPS) is 13.7. The van der Waals surface area contributed by atoms with Crippen LogP contribution < -0.4 is 32.0 Å². The van der Waals surface area contributed by atoms with Crippen molar-refractivity contribution in [3.8, 4) is 0 Å². The molecule has 2 aromatic heterocycles. The number of aryl methyl sites for hydroxylation is 1. The molecule has 0 saturated carbocycles. The van der Waals surface area contributed by atoms with Gasteiger partial charge in [0.2, 0.25) is 11.3 Å². The van der Waals surface area contributed by atoms with Crippen LogP contribution in [0.2, 0.25) is 0 Å². The molecule has 1 saturated heterocycles. The van der Waals surface area contributed by atoms with E-state index in [9.17, 15) is 33.9 Å². The number of piperazine rings is 1. The molecule has 1 aliphatic rings. The number of fused-ring (bicyclic) bond motifs is 1. The van der Waals surface area contributed by atoms with Gasteiger partial charge in [0.15, 0.2) is 0 Å². The van der Waals surface area contributed by atoms with Crippen LogP contribution in [-0.2, 0) is 34.0 Å². The highest BCUT2D eigenvalue weighted by Gasteiger charge is 2.33. The number of nitrogens with two attached hydrogens (primary N) is 1. The zero-order valence-electron chi connectivity index (χ0n) is 36.6. The number of nitrogens with zero attached hydrogens (tertiary/aromatic N) is 6. The van der Waals surface area contributed by atoms with Gasteiger partial charge in [-0.1, -0.05) is 68.4 Å². The number of anilines is 2. The quantitative estimate of drug-likeness (QED) is 0.0766. The van der Waals surface area contributed by atoms with E-state index in [1.165, 1.54) is 21.8 Å². The van der Waals surface area contributed by atoms with Crippen molar-refractivity contribution >= 4 is 52.4 Å². The molecule has 0 unspecified atom stereocenters. The molecule has 0 bridgehead atoms. The molecule has 65 heavy (non-hydrogen) atoms. The molecule has 1 aliphatic heterocycles. The van der Waals surface area contributed by atoms with Crippen molar-refractivity contribution in [1.29, 1.82) is 0 Å². The Labute approximate surface area is 373 Å². The van der Waals surface area contributed by atoms with Crippen LogP contribution in [0.25, 0.3) is 10.9 Å². The Morgan fingerprint density at radius 1 is 0.923 bits per heavy atom. The first kappa shape index (κ1) is 47.0. The largest absolute Gasteiger partial charge is 0.477 e. The minimum Gasteiger partial charge on any atom is -0.477 e. The fourth-order valence-corrected chi connectivity index (χ4v) is 7.41. The molecule has 1 fully saturated rings. The topological polar surface area (TPSA) is 245 Å². The number of alkyl carbamates (subject to hydrolysis) is 1. The maximum atomic E-state index is 15.4. The van der Waals surface area contributed by atoms with Gasteiger partial charge in [0.05, 0.1) is 23.4 Å². The maximum Gasteiger partial charge on any atom is 0.410 e. The van der Waals surface area contributed by atoms with E-state index >= 15 is 4.39 Å². The highest BCUT2D eigenvalue weighted by Crippen LogP contribution is 2.33. The Morgan fingerprint density at radius 3 is 2.25 bits per heavy atom. The van der Waals surface area contributed by atoms with Crippen LogP contribution in [0.1, 0.15) is 79.8 Å². The molecular formula is C45H53FN10O9. The van der Waals surface area contributed by atoms with Gasteiger partial charge in [-0.2, -0.15) is 0 Å². The number of nitrogens with one attached hydrogen (secondary N) is 3. The number of carboxylic acid groups (broad SMARTS) is 1. The summed E-state index contributed by atoms with van der Waals surface area (Å²) in [5.41, 5.74) is 6.51. The summed E-state index contributed by atoms with van der Waals surface area (Å²) >= 11 is 0. The van der Waals surface area contributed by atoms with Gasteiger partial charge in [0.1, 0.15) is 36.3 Å². The number of hydrogen-bond acceptors (Lipinski definition) is 11. The third-order valence-electron chi connectivity index (χ3n) is 10.9. The van der Waals surface area contributed by atoms with Gasteiger partial charge in [-0.25, -0.2) is 28.3 Å². The molecule has 0 radical (unpaired) electrons. The third kappa shape index (κ3) is 11.9. The highest BCUT2D eigenvalue weighted by atomic mass is 19.1. The van der Waals surface area contributed by atoms with Crippen molar-refractivity contribution in [2.45, 2.75) is 72.4 Å². The number of halogens is 1. The van der Waals surface area contributed by atoms with Gasteiger partial charge in [-0.05, 0) is 60.6 Å². The fraction of sp³-hybridized carbons (Fsp3) is 0.378. The number of carboxylic acids is 1. The number of aromatic carboxylic acids is 1. The van der Waals surface area contributed by atoms with E-state index in [0.29, 0.717) is 35.4 Å². The average molecular weight is 897 g/mol. The van der Waals surface area contributed by atoms with E-state index in [-0.39, 0.29) is 63.4 Å². The number of pyridine rings is 1. The van der Waals surface area contributed by atoms with Crippen LogP contribution in [0.5, 0.6) is 0 Å². The zero-order chi connectivity index (χ0) is 46.8. The molecule has 20 heteroatoms. The summed E-state index contributed by atoms with van der Waals surface area (Å²) in [6, 6.07) is 16.4. The number of primary amides is 1. The van der Waals surface area contributed by atoms with E-state index in [2.05, 4.69) is 26.3 Å². The molecular weight excluding hydrogens is 844 g/mol. The smallest absolute Gasteiger partial charge is 0.410 e. The molecule has 19 nitrogen and oxygen atoms in total. The van der Waals surface area contributed by atoms with Crippen LogP contribution in [0, 0.1) is 11.2 Å². The van der Waals surface area contributed by atoms with E-state index in [1.54, 1.807) is 46.9 Å². The first-order chi connectivity index (χ1) is 31.0. The molecule has 3 aromatic carbocycles. The predicted molar refractivity (Wildman–Crippen MR) is 238 cm³/mol. The lowest BCUT2D eigenvalue weighted by atomic mass is 9.85. The third-order valence-corrected chi connectivity index (χ3v) is 10.9. The van der Waals surface area contributed by atoms with Gasteiger partial charge >= 0.3 is 24.2 Å². The molecule has 6 rings (SSSR count). The Kier molecular flexibility index (Phi) is 15.0. The Hall–Kier alpha value is -7.51. The van der Waals surface area contributed by atoms with Gasteiger partial charge < -0.3 is 50.6 Å². The Balaban J connectivity index is 1.05. The molecule has 344 valence electrons. The fourth-order valence-electron chi connectivity index (χ4n) is 7.41. The van der Waals surface area contributed by atoms with E-state index in [0.717, 1.165) is 11.6 Å². The summed E-state index contributed by atoms with van der Waals surface area (Å²) in [5, 5.41) is 26.3. The van der Waals surface area contributed by atoms with Crippen molar-refractivity contribution in [2.24, 2.45) is 11.1 Å². The molecule has 3 heterocycles. The number of aromatic nitrogens is 4. The summed E-state index contributed by atoms with van der Waals surface area (Å²) < 4.78 is 29.4. The van der Waals surface area contributed by atoms with E-state index in [1.807, 2.05) is 51.1 Å². The first-order valence-electron chi connectivity index (χ1n) is 21.1. The molecule has 6 N–H and O–H groups in total. The summed E-state index contributed by atoms with van der Waals surface area (Å²) in [5.74, 6) is -2.48. The lowest BCUT2D eigenvalue weighted by Gasteiger charge is -2.35. The number of ether oxygens (including phenoxy) is 2. The molecule has 0 aliphatic carbocycles. The Morgan fingerprint density at radius 2 is 1.60 bits per heavy atom. The standard InChI is InChI=1S/C45H53FN10O9/c1-5-53-24-32(41(59)60)38(57)31-22-33(46)37(23-36(31)53)54-18-20-55(21-19-54)44(63)65-27-29-13-15-30(16-14-29)49-40(58)35(12-9-17-48-42(47)61)56-25-34(51-52-56)39(45(2,3)4)50-43(62)64-26-28-10-7-6-8-11-28/h6-8,10-11,13-16,22-25,35,39H,5,9,12,17-21,26-27H2,1-4H3,(H,49,58)(H,50,62)(H,59,60)(H3,47,48,61)/t35-,39+/m0/s1. The predicted octanol–water partition coefficient (Wildman–Crippen LogP) is 5.55. The van der Waals surface area contributed by atoms with Gasteiger partial charge in [0.25, 0.3) is 0 Å². The average Bonchev–Trinajstić information content (AvgIpc) is 3.76. The summed E-state index contributed by atoms with van der Waals surface area (Å²) in [6.45, 7) is 9.20. The molecule has 5 aromatic rings. The molecule has 2 atom stereocenters. The van der Waals surface area contributed by atoms with E-state index in [4.69, 9.17) is 15.2 Å². The van der Waals surface area contributed by atoms with Gasteiger partial charge in [-0.15, -0.1) is 5.10 Å². The second-order valence-corrected chi connectivity index (χ2v) is 16.6. The SMILES string of the molecule is CCn1cc(C(=O)O)c(=O)c2cc(F)c(N3CCN(C(=O)OCc4ccc(NC(=O)[C@H](CCCNC(N)=O)n5cc([C@@H](NC(=O)OCc6ccccc6)C(C)(C)C)nn5)cc4)CC3)cc21.